The third-order valence-corrected chi connectivity index (χ3v) is 3.73. The van der Waals surface area contributed by atoms with Gasteiger partial charge in [0, 0.05) is 30.3 Å². The Morgan fingerprint density at radius 3 is 2.48 bits per heavy atom. The summed E-state index contributed by atoms with van der Waals surface area (Å²) in [5.41, 5.74) is 1.35. The van der Waals surface area contributed by atoms with E-state index >= 15 is 0 Å². The maximum atomic E-state index is 12.3. The van der Waals surface area contributed by atoms with Crippen LogP contribution < -0.4 is 10.6 Å². The van der Waals surface area contributed by atoms with E-state index in [0.717, 1.165) is 6.42 Å². The number of amides is 2. The first-order chi connectivity index (χ1) is 12.1. The highest BCUT2D eigenvalue weighted by Crippen LogP contribution is 2.17. The zero-order valence-electron chi connectivity index (χ0n) is 14.0. The van der Waals surface area contributed by atoms with Crippen LogP contribution in [0.2, 0.25) is 5.02 Å². The van der Waals surface area contributed by atoms with Gasteiger partial charge in [-0.1, -0.05) is 23.7 Å². The van der Waals surface area contributed by atoms with Crippen LogP contribution in [-0.4, -0.2) is 31.6 Å². The largest absolute Gasteiger partial charge is 0.382 e. The summed E-state index contributed by atoms with van der Waals surface area (Å²) in [7, 11) is 0. The molecule has 0 radical (unpaired) electrons. The summed E-state index contributed by atoms with van der Waals surface area (Å²) in [6.07, 6.45) is 0.735. The number of carbonyl (C=O) groups is 2. The molecule has 5 nitrogen and oxygen atoms in total. The van der Waals surface area contributed by atoms with Crippen molar-refractivity contribution in [3.8, 4) is 0 Å². The number of benzene rings is 2. The Bertz CT molecular complexity index is 717. The van der Waals surface area contributed by atoms with E-state index in [1.54, 1.807) is 48.5 Å². The van der Waals surface area contributed by atoms with Crippen molar-refractivity contribution in [2.24, 2.45) is 0 Å². The van der Waals surface area contributed by atoms with Crippen molar-refractivity contribution in [1.29, 1.82) is 0 Å². The molecule has 0 saturated heterocycles. The SMILES string of the molecule is CCOCCCNC(=O)c1ccccc1NC(=O)c1ccc(Cl)cc1. The van der Waals surface area contributed by atoms with Gasteiger partial charge < -0.3 is 15.4 Å². The van der Waals surface area contributed by atoms with Gasteiger partial charge in [-0.05, 0) is 49.7 Å². The van der Waals surface area contributed by atoms with Crippen LogP contribution in [-0.2, 0) is 4.74 Å². The van der Waals surface area contributed by atoms with Crippen LogP contribution in [0.3, 0.4) is 0 Å². The van der Waals surface area contributed by atoms with Crippen LogP contribution in [0, 0.1) is 0 Å². The molecule has 25 heavy (non-hydrogen) atoms. The Kier molecular flexibility index (Phi) is 7.44. The van der Waals surface area contributed by atoms with Gasteiger partial charge in [0.05, 0.1) is 11.3 Å². The third kappa shape index (κ3) is 5.89. The fourth-order valence-corrected chi connectivity index (χ4v) is 2.33. The third-order valence-electron chi connectivity index (χ3n) is 3.48. The summed E-state index contributed by atoms with van der Waals surface area (Å²) in [5.74, 6) is -0.531. The average Bonchev–Trinajstić information content (AvgIpc) is 2.62. The van der Waals surface area contributed by atoms with E-state index in [2.05, 4.69) is 10.6 Å². The molecule has 2 rings (SSSR count). The Balaban J connectivity index is 2.00. The Hall–Kier alpha value is -2.37. The molecule has 2 N–H and O–H groups in total. The molecule has 2 aromatic carbocycles. The maximum absolute atomic E-state index is 12.3. The minimum Gasteiger partial charge on any atom is -0.382 e. The minimum absolute atomic E-state index is 0.233. The summed E-state index contributed by atoms with van der Waals surface area (Å²) in [5, 5.41) is 6.16. The topological polar surface area (TPSA) is 67.4 Å². The molecule has 0 unspecified atom stereocenters. The standard InChI is InChI=1S/C19H21ClN2O3/c1-2-25-13-5-12-21-19(24)16-6-3-4-7-17(16)22-18(23)14-8-10-15(20)11-9-14/h3-4,6-11H,2,5,12-13H2,1H3,(H,21,24)(H,22,23). The van der Waals surface area contributed by atoms with Crippen molar-refractivity contribution in [1.82, 2.24) is 5.32 Å². The van der Waals surface area contributed by atoms with Gasteiger partial charge in [0.2, 0.25) is 0 Å². The van der Waals surface area contributed by atoms with E-state index in [1.807, 2.05) is 6.92 Å². The number of ether oxygens (including phenoxy) is 1. The Labute approximate surface area is 152 Å². The van der Waals surface area contributed by atoms with Crippen LogP contribution in [0.1, 0.15) is 34.1 Å². The van der Waals surface area contributed by atoms with E-state index < -0.39 is 0 Å². The summed E-state index contributed by atoms with van der Waals surface area (Å²) in [6, 6.07) is 13.5. The van der Waals surface area contributed by atoms with Crippen molar-refractivity contribution in [2.45, 2.75) is 13.3 Å². The van der Waals surface area contributed by atoms with Gasteiger partial charge in [-0.3, -0.25) is 9.59 Å². The zero-order chi connectivity index (χ0) is 18.1. The van der Waals surface area contributed by atoms with Gasteiger partial charge in [0.25, 0.3) is 11.8 Å². The number of halogens is 1. The zero-order valence-corrected chi connectivity index (χ0v) is 14.8. The molecule has 0 saturated carbocycles. The first kappa shape index (κ1) is 19.0. The molecule has 0 aliphatic heterocycles. The van der Waals surface area contributed by atoms with Gasteiger partial charge in [0.15, 0.2) is 0 Å². The first-order valence-corrected chi connectivity index (χ1v) is 8.51. The quantitative estimate of drug-likeness (QED) is 0.704. The van der Waals surface area contributed by atoms with Crippen LogP contribution in [0.25, 0.3) is 0 Å². The molecule has 2 amide bonds. The van der Waals surface area contributed by atoms with E-state index in [9.17, 15) is 9.59 Å². The predicted octanol–water partition coefficient (Wildman–Crippen LogP) is 3.75. The van der Waals surface area contributed by atoms with Crippen molar-refractivity contribution < 1.29 is 14.3 Å². The summed E-state index contributed by atoms with van der Waals surface area (Å²) < 4.78 is 5.24. The Morgan fingerprint density at radius 2 is 1.76 bits per heavy atom. The van der Waals surface area contributed by atoms with Crippen molar-refractivity contribution in [2.75, 3.05) is 25.1 Å². The fraction of sp³-hybridized carbons (Fsp3) is 0.263. The summed E-state index contributed by atoms with van der Waals surface area (Å²) in [6.45, 7) is 3.70. The monoisotopic (exact) mass is 360 g/mol. The molecule has 0 spiro atoms. The summed E-state index contributed by atoms with van der Waals surface area (Å²) >= 11 is 5.83. The van der Waals surface area contributed by atoms with Crippen LogP contribution in [0.5, 0.6) is 0 Å². The van der Waals surface area contributed by atoms with E-state index in [0.29, 0.717) is 41.6 Å². The molecule has 0 aliphatic rings. The highest BCUT2D eigenvalue weighted by Gasteiger charge is 2.13. The predicted molar refractivity (Wildman–Crippen MR) is 99.3 cm³/mol. The van der Waals surface area contributed by atoms with Crippen molar-refractivity contribution >= 4 is 29.1 Å². The lowest BCUT2D eigenvalue weighted by atomic mass is 10.1. The number of hydrogen-bond donors (Lipinski definition) is 2. The molecule has 0 atom stereocenters. The van der Waals surface area contributed by atoms with Crippen molar-refractivity contribution in [3.63, 3.8) is 0 Å². The van der Waals surface area contributed by atoms with E-state index in [1.165, 1.54) is 0 Å². The van der Waals surface area contributed by atoms with Crippen LogP contribution in [0.15, 0.2) is 48.5 Å². The second-order valence-corrected chi connectivity index (χ2v) is 5.75. The average molecular weight is 361 g/mol. The highest BCUT2D eigenvalue weighted by atomic mass is 35.5. The molecule has 6 heteroatoms. The number of anilines is 1. The second-order valence-electron chi connectivity index (χ2n) is 5.31. The highest BCUT2D eigenvalue weighted by molar-refractivity contribution is 6.30. The van der Waals surface area contributed by atoms with Crippen molar-refractivity contribution in [3.05, 3.63) is 64.7 Å². The lowest BCUT2D eigenvalue weighted by Crippen LogP contribution is -2.26. The van der Waals surface area contributed by atoms with Gasteiger partial charge in [-0.15, -0.1) is 0 Å². The maximum Gasteiger partial charge on any atom is 0.255 e. The number of hydrogen-bond acceptors (Lipinski definition) is 3. The number of para-hydroxylation sites is 1. The lowest BCUT2D eigenvalue weighted by Gasteiger charge is -2.11. The smallest absolute Gasteiger partial charge is 0.255 e. The van der Waals surface area contributed by atoms with E-state index in [4.69, 9.17) is 16.3 Å². The molecule has 0 bridgehead atoms. The van der Waals surface area contributed by atoms with Crippen LogP contribution >= 0.6 is 11.6 Å². The normalized spacial score (nSPS) is 10.3. The molecule has 0 aliphatic carbocycles. The van der Waals surface area contributed by atoms with Gasteiger partial charge in [-0.2, -0.15) is 0 Å². The number of nitrogens with one attached hydrogen (secondary N) is 2. The van der Waals surface area contributed by atoms with E-state index in [-0.39, 0.29) is 11.8 Å². The molecule has 0 fully saturated rings. The second kappa shape index (κ2) is 9.81. The lowest BCUT2D eigenvalue weighted by molar-refractivity contribution is 0.0945. The fourth-order valence-electron chi connectivity index (χ4n) is 2.20. The first-order valence-electron chi connectivity index (χ1n) is 8.13. The molecular weight excluding hydrogens is 340 g/mol. The Morgan fingerprint density at radius 1 is 1.04 bits per heavy atom. The molecular formula is C19H21ClN2O3. The molecule has 132 valence electrons. The van der Waals surface area contributed by atoms with Crippen LogP contribution in [0.4, 0.5) is 5.69 Å². The van der Waals surface area contributed by atoms with Gasteiger partial charge in [0.1, 0.15) is 0 Å². The molecule has 0 aromatic heterocycles. The molecule has 0 heterocycles. The number of rotatable bonds is 8. The van der Waals surface area contributed by atoms with Gasteiger partial charge in [-0.25, -0.2) is 0 Å². The van der Waals surface area contributed by atoms with Gasteiger partial charge >= 0.3 is 0 Å². The minimum atomic E-state index is -0.298. The number of carbonyl (C=O) groups excluding carboxylic acids is 2. The summed E-state index contributed by atoms with van der Waals surface area (Å²) in [4.78, 5) is 24.7. The molecule has 2 aromatic rings.